The zero-order chi connectivity index (χ0) is 10.9. The summed E-state index contributed by atoms with van der Waals surface area (Å²) in [6, 6.07) is 10.0. The topological polar surface area (TPSA) is 64.3 Å². The van der Waals surface area contributed by atoms with Crippen LogP contribution in [0, 0.1) is 0 Å². The zero-order valence-electron chi connectivity index (χ0n) is 8.01. The normalized spacial score (nSPS) is 9.67. The van der Waals surface area contributed by atoms with Gasteiger partial charge in [-0.2, -0.15) is 0 Å². The van der Waals surface area contributed by atoms with Gasteiger partial charge in [0.25, 0.3) is 0 Å². The van der Waals surface area contributed by atoms with Crippen molar-refractivity contribution >= 4 is 27.7 Å². The fraction of sp³-hybridized carbons (Fsp3) is 0.222. The van der Waals surface area contributed by atoms with E-state index in [2.05, 4.69) is 0 Å². The second-order valence-corrected chi connectivity index (χ2v) is 4.99. The van der Waals surface area contributed by atoms with E-state index in [0.29, 0.717) is 6.61 Å². The molecular weight excluding hydrogens is 232 g/mol. The van der Waals surface area contributed by atoms with Gasteiger partial charge in [0, 0.05) is 10.6 Å². The fourth-order valence-corrected chi connectivity index (χ4v) is 2.63. The van der Waals surface area contributed by atoms with Crippen molar-refractivity contribution in [2.45, 2.75) is 4.90 Å². The fourth-order valence-electron chi connectivity index (χ4n) is 0.796. The van der Waals surface area contributed by atoms with Crippen molar-refractivity contribution in [3.8, 4) is 0 Å². The summed E-state index contributed by atoms with van der Waals surface area (Å²) in [5.41, 5.74) is 1.90. The summed E-state index contributed by atoms with van der Waals surface area (Å²) in [5.74, 6) is 5.57. The van der Waals surface area contributed by atoms with Gasteiger partial charge in [0.2, 0.25) is 0 Å². The van der Waals surface area contributed by atoms with Crippen molar-refractivity contribution in [3.05, 3.63) is 30.3 Å². The van der Waals surface area contributed by atoms with Crippen LogP contribution in [0.15, 0.2) is 35.2 Å². The standard InChI is InChI=1S/C9H12N2O2S2/c10-11-9(12)13-6-7-14-15-8-4-2-1-3-5-8/h1-5H,6-7,10H2,(H,11,12). The van der Waals surface area contributed by atoms with E-state index in [1.807, 2.05) is 35.8 Å². The largest absolute Gasteiger partial charge is 0.448 e. The molecule has 0 aliphatic rings. The Balaban J connectivity index is 2.05. The van der Waals surface area contributed by atoms with Crippen LogP contribution in [0.3, 0.4) is 0 Å². The summed E-state index contributed by atoms with van der Waals surface area (Å²) in [4.78, 5) is 11.8. The second-order valence-electron chi connectivity index (χ2n) is 2.50. The molecule has 0 heterocycles. The minimum absolute atomic E-state index is 0.355. The molecule has 15 heavy (non-hydrogen) atoms. The lowest BCUT2D eigenvalue weighted by Crippen LogP contribution is -2.31. The first kappa shape index (κ1) is 12.2. The average Bonchev–Trinajstić information content (AvgIpc) is 2.29. The van der Waals surface area contributed by atoms with E-state index in [0.717, 1.165) is 5.75 Å². The Morgan fingerprint density at radius 3 is 2.80 bits per heavy atom. The van der Waals surface area contributed by atoms with Crippen LogP contribution in [0.4, 0.5) is 4.79 Å². The molecule has 0 unspecified atom stereocenters. The molecule has 0 spiro atoms. The minimum atomic E-state index is -0.597. The van der Waals surface area contributed by atoms with Gasteiger partial charge < -0.3 is 4.74 Å². The van der Waals surface area contributed by atoms with E-state index in [9.17, 15) is 4.79 Å². The summed E-state index contributed by atoms with van der Waals surface area (Å²) in [5, 5.41) is 0. The maximum absolute atomic E-state index is 10.6. The molecule has 0 saturated heterocycles. The number of hydrogen-bond donors (Lipinski definition) is 2. The van der Waals surface area contributed by atoms with Crippen LogP contribution < -0.4 is 11.3 Å². The number of ether oxygens (including phenoxy) is 1. The minimum Gasteiger partial charge on any atom is -0.448 e. The van der Waals surface area contributed by atoms with Crippen LogP contribution >= 0.6 is 21.6 Å². The van der Waals surface area contributed by atoms with Gasteiger partial charge in [-0.05, 0) is 12.1 Å². The summed E-state index contributed by atoms with van der Waals surface area (Å²) in [6.45, 7) is 0.355. The van der Waals surface area contributed by atoms with E-state index in [-0.39, 0.29) is 0 Å². The molecule has 1 aromatic rings. The lowest BCUT2D eigenvalue weighted by atomic mass is 10.4. The number of carbonyl (C=O) groups excluding carboxylic acids is 1. The molecule has 0 radical (unpaired) electrons. The number of hydrazine groups is 1. The van der Waals surface area contributed by atoms with Crippen LogP contribution in [-0.2, 0) is 4.74 Å². The van der Waals surface area contributed by atoms with Crippen molar-refractivity contribution in [2.75, 3.05) is 12.4 Å². The van der Waals surface area contributed by atoms with Gasteiger partial charge >= 0.3 is 6.09 Å². The number of rotatable bonds is 5. The molecule has 0 fully saturated rings. The summed E-state index contributed by atoms with van der Waals surface area (Å²) in [7, 11) is 3.28. The van der Waals surface area contributed by atoms with Crippen molar-refractivity contribution in [1.82, 2.24) is 5.43 Å². The predicted octanol–water partition coefficient (Wildman–Crippen LogP) is 2.03. The molecule has 1 aromatic carbocycles. The Morgan fingerprint density at radius 2 is 2.13 bits per heavy atom. The molecular formula is C9H12N2O2S2. The first-order valence-corrected chi connectivity index (χ1v) is 6.62. The van der Waals surface area contributed by atoms with Gasteiger partial charge in [-0.3, -0.25) is 5.43 Å². The third kappa shape index (κ3) is 5.56. The molecule has 6 heteroatoms. The Kier molecular flexibility index (Phi) is 6.06. The molecule has 0 bridgehead atoms. The highest BCUT2D eigenvalue weighted by Crippen LogP contribution is 2.30. The van der Waals surface area contributed by atoms with Gasteiger partial charge in [0.1, 0.15) is 6.61 Å². The predicted molar refractivity (Wildman–Crippen MR) is 63.4 cm³/mol. The summed E-state index contributed by atoms with van der Waals surface area (Å²) in [6.07, 6.45) is -0.597. The highest BCUT2D eigenvalue weighted by Gasteiger charge is 1.98. The van der Waals surface area contributed by atoms with Gasteiger partial charge in [0.05, 0.1) is 0 Å². The average molecular weight is 244 g/mol. The van der Waals surface area contributed by atoms with E-state index in [4.69, 9.17) is 10.6 Å². The lowest BCUT2D eigenvalue weighted by Gasteiger charge is -2.02. The maximum atomic E-state index is 10.6. The maximum Gasteiger partial charge on any atom is 0.421 e. The van der Waals surface area contributed by atoms with Crippen LogP contribution in [0.25, 0.3) is 0 Å². The van der Waals surface area contributed by atoms with Crippen molar-refractivity contribution in [3.63, 3.8) is 0 Å². The Hall–Kier alpha value is -0.850. The third-order valence-corrected chi connectivity index (χ3v) is 3.76. The number of carbonyl (C=O) groups is 1. The Morgan fingerprint density at radius 1 is 1.40 bits per heavy atom. The molecule has 0 saturated carbocycles. The van der Waals surface area contributed by atoms with Gasteiger partial charge in [0.15, 0.2) is 0 Å². The summed E-state index contributed by atoms with van der Waals surface area (Å²) >= 11 is 0. The van der Waals surface area contributed by atoms with Crippen molar-refractivity contribution < 1.29 is 9.53 Å². The third-order valence-electron chi connectivity index (χ3n) is 1.42. The quantitative estimate of drug-likeness (QED) is 0.273. The number of benzene rings is 1. The van der Waals surface area contributed by atoms with Gasteiger partial charge in [-0.15, -0.1) is 0 Å². The Bertz CT molecular complexity index is 295. The van der Waals surface area contributed by atoms with Gasteiger partial charge in [-0.25, -0.2) is 10.6 Å². The van der Waals surface area contributed by atoms with E-state index in [1.54, 1.807) is 21.6 Å². The number of hydrogen-bond acceptors (Lipinski definition) is 5. The molecule has 0 aromatic heterocycles. The van der Waals surface area contributed by atoms with Crippen LogP contribution in [-0.4, -0.2) is 18.5 Å². The number of nitrogens with one attached hydrogen (secondary N) is 1. The molecule has 0 atom stereocenters. The molecule has 1 amide bonds. The van der Waals surface area contributed by atoms with Gasteiger partial charge in [-0.1, -0.05) is 39.8 Å². The van der Waals surface area contributed by atoms with Crippen molar-refractivity contribution in [1.29, 1.82) is 0 Å². The number of amides is 1. The highest BCUT2D eigenvalue weighted by atomic mass is 33.1. The molecule has 4 nitrogen and oxygen atoms in total. The zero-order valence-corrected chi connectivity index (χ0v) is 9.64. The second kappa shape index (κ2) is 7.44. The lowest BCUT2D eigenvalue weighted by molar-refractivity contribution is 0.153. The number of nitrogens with two attached hydrogens (primary N) is 1. The van der Waals surface area contributed by atoms with Crippen LogP contribution in [0.2, 0.25) is 0 Å². The Labute approximate surface area is 96.3 Å². The molecule has 3 N–H and O–H groups in total. The van der Waals surface area contributed by atoms with E-state index < -0.39 is 6.09 Å². The van der Waals surface area contributed by atoms with E-state index in [1.165, 1.54) is 4.90 Å². The van der Waals surface area contributed by atoms with Crippen molar-refractivity contribution in [2.24, 2.45) is 5.84 Å². The van der Waals surface area contributed by atoms with E-state index >= 15 is 0 Å². The highest BCUT2D eigenvalue weighted by molar-refractivity contribution is 8.76. The molecule has 1 rings (SSSR count). The van der Waals surface area contributed by atoms with Crippen LogP contribution in [0.5, 0.6) is 0 Å². The summed E-state index contributed by atoms with van der Waals surface area (Å²) < 4.78 is 4.72. The molecule has 0 aliphatic carbocycles. The monoisotopic (exact) mass is 244 g/mol. The first-order valence-electron chi connectivity index (χ1n) is 4.31. The van der Waals surface area contributed by atoms with Crippen LogP contribution in [0.1, 0.15) is 0 Å². The first-order chi connectivity index (χ1) is 7.33. The molecule has 82 valence electrons. The molecule has 0 aliphatic heterocycles. The smallest absolute Gasteiger partial charge is 0.421 e. The SMILES string of the molecule is NNC(=O)OCCSSc1ccccc1.